The van der Waals surface area contributed by atoms with Crippen molar-refractivity contribution in [3.8, 4) is 0 Å². The van der Waals surface area contributed by atoms with Gasteiger partial charge >= 0.3 is 0 Å². The fourth-order valence-electron chi connectivity index (χ4n) is 1.70. The van der Waals surface area contributed by atoms with Crippen molar-refractivity contribution in [3.05, 3.63) is 58.9 Å². The molecule has 0 unspecified atom stereocenters. The Bertz CT molecular complexity index is 806. The summed E-state index contributed by atoms with van der Waals surface area (Å²) in [6.07, 6.45) is 1.00. The number of sulfone groups is 1. The van der Waals surface area contributed by atoms with Gasteiger partial charge in [0.05, 0.1) is 9.92 Å². The number of carbonyl (C=O) groups excluding carboxylic acids is 1. The average Bonchev–Trinajstić information content (AvgIpc) is 2.37. The summed E-state index contributed by atoms with van der Waals surface area (Å²) in [6, 6.07) is 9.30. The van der Waals surface area contributed by atoms with Crippen molar-refractivity contribution < 1.29 is 17.6 Å². The molecule has 0 saturated heterocycles. The highest BCUT2D eigenvalue weighted by atomic mass is 35.5. The Labute approximate surface area is 126 Å². The maximum atomic E-state index is 13.0. The van der Waals surface area contributed by atoms with E-state index in [1.165, 1.54) is 36.4 Å². The monoisotopic (exact) mass is 327 g/mol. The van der Waals surface area contributed by atoms with Crippen LogP contribution in [0.2, 0.25) is 5.02 Å². The minimum Gasteiger partial charge on any atom is -0.322 e. The second kappa shape index (κ2) is 5.83. The molecule has 2 aromatic rings. The van der Waals surface area contributed by atoms with Crippen LogP contribution in [0, 0.1) is 5.82 Å². The van der Waals surface area contributed by atoms with Crippen LogP contribution in [0.5, 0.6) is 0 Å². The molecule has 0 heterocycles. The Hall–Kier alpha value is -1.92. The molecule has 0 aliphatic heterocycles. The minimum atomic E-state index is -3.54. The van der Waals surface area contributed by atoms with Gasteiger partial charge in [-0.1, -0.05) is 17.7 Å². The molecular weight excluding hydrogens is 317 g/mol. The van der Waals surface area contributed by atoms with Gasteiger partial charge in [0.2, 0.25) is 0 Å². The number of halogens is 2. The predicted molar refractivity (Wildman–Crippen MR) is 78.9 cm³/mol. The van der Waals surface area contributed by atoms with E-state index in [4.69, 9.17) is 11.6 Å². The van der Waals surface area contributed by atoms with Crippen LogP contribution >= 0.6 is 11.6 Å². The molecular formula is C14H11ClFNO3S. The number of carbonyl (C=O) groups is 1. The lowest BCUT2D eigenvalue weighted by molar-refractivity contribution is 0.102. The number of benzene rings is 2. The molecule has 0 aliphatic rings. The Balaban J connectivity index is 2.32. The van der Waals surface area contributed by atoms with Crippen LogP contribution in [0.15, 0.2) is 47.4 Å². The molecule has 0 spiro atoms. The number of hydrogen-bond donors (Lipinski definition) is 1. The lowest BCUT2D eigenvalue weighted by Gasteiger charge is -2.08. The summed E-state index contributed by atoms with van der Waals surface area (Å²) in [6.45, 7) is 0. The SMILES string of the molecule is CS(=O)(=O)c1cc(C(=O)Nc2cccc(F)c2)ccc1Cl. The fourth-order valence-corrected chi connectivity index (χ4v) is 3.00. The molecule has 0 saturated carbocycles. The van der Waals surface area contributed by atoms with Crippen molar-refractivity contribution in [3.63, 3.8) is 0 Å². The van der Waals surface area contributed by atoms with Gasteiger partial charge in [-0.2, -0.15) is 0 Å². The van der Waals surface area contributed by atoms with Crippen LogP contribution in [-0.2, 0) is 9.84 Å². The number of rotatable bonds is 3. The van der Waals surface area contributed by atoms with E-state index < -0.39 is 21.6 Å². The van der Waals surface area contributed by atoms with Gasteiger partial charge in [0.1, 0.15) is 5.82 Å². The normalized spacial score (nSPS) is 11.2. The van der Waals surface area contributed by atoms with Gasteiger partial charge in [0.15, 0.2) is 9.84 Å². The van der Waals surface area contributed by atoms with Crippen molar-refractivity contribution in [1.29, 1.82) is 0 Å². The molecule has 1 N–H and O–H groups in total. The Morgan fingerprint density at radius 1 is 1.19 bits per heavy atom. The molecule has 1 amide bonds. The highest BCUT2D eigenvalue weighted by Gasteiger charge is 2.16. The maximum Gasteiger partial charge on any atom is 0.255 e. The van der Waals surface area contributed by atoms with Crippen molar-refractivity contribution in [1.82, 2.24) is 0 Å². The lowest BCUT2D eigenvalue weighted by atomic mass is 10.2. The third kappa shape index (κ3) is 3.80. The van der Waals surface area contributed by atoms with Crippen LogP contribution in [-0.4, -0.2) is 20.6 Å². The third-order valence-corrected chi connectivity index (χ3v) is 4.25. The molecule has 2 aromatic carbocycles. The first-order chi connectivity index (χ1) is 9.77. The van der Waals surface area contributed by atoms with E-state index in [1.807, 2.05) is 0 Å². The number of amides is 1. The lowest BCUT2D eigenvalue weighted by Crippen LogP contribution is -2.13. The highest BCUT2D eigenvalue weighted by Crippen LogP contribution is 2.23. The fraction of sp³-hybridized carbons (Fsp3) is 0.0714. The predicted octanol–water partition coefficient (Wildman–Crippen LogP) is 3.13. The van der Waals surface area contributed by atoms with E-state index >= 15 is 0 Å². The summed E-state index contributed by atoms with van der Waals surface area (Å²) in [5.74, 6) is -1.04. The standard InChI is InChI=1S/C14H11ClFNO3S/c1-21(19,20)13-7-9(5-6-12(13)15)14(18)17-11-4-2-3-10(16)8-11/h2-8H,1H3,(H,17,18). The minimum absolute atomic E-state index is 0.0415. The quantitative estimate of drug-likeness (QED) is 0.942. The zero-order valence-electron chi connectivity index (χ0n) is 10.9. The second-order valence-corrected chi connectivity index (χ2v) is 6.77. The maximum absolute atomic E-state index is 13.0. The van der Waals surface area contributed by atoms with Crippen LogP contribution in [0.1, 0.15) is 10.4 Å². The Kier molecular flexibility index (Phi) is 4.29. The smallest absolute Gasteiger partial charge is 0.255 e. The van der Waals surface area contributed by atoms with Crippen LogP contribution < -0.4 is 5.32 Å². The van der Waals surface area contributed by atoms with Crippen molar-refractivity contribution in [2.24, 2.45) is 0 Å². The van der Waals surface area contributed by atoms with Crippen LogP contribution in [0.25, 0.3) is 0 Å². The Morgan fingerprint density at radius 2 is 1.90 bits per heavy atom. The summed E-state index contributed by atoms with van der Waals surface area (Å²) >= 11 is 5.81. The summed E-state index contributed by atoms with van der Waals surface area (Å²) in [5, 5.41) is 2.52. The molecule has 0 fully saturated rings. The van der Waals surface area contributed by atoms with Crippen LogP contribution in [0.4, 0.5) is 10.1 Å². The summed E-state index contributed by atoms with van der Waals surface area (Å²) in [4.78, 5) is 11.9. The Morgan fingerprint density at radius 3 is 2.52 bits per heavy atom. The topological polar surface area (TPSA) is 63.2 Å². The molecule has 0 bridgehead atoms. The molecule has 7 heteroatoms. The van der Waals surface area contributed by atoms with Gasteiger partial charge in [0, 0.05) is 17.5 Å². The van der Waals surface area contributed by atoms with Gasteiger partial charge in [-0.05, 0) is 36.4 Å². The van der Waals surface area contributed by atoms with Gasteiger partial charge < -0.3 is 5.32 Å². The van der Waals surface area contributed by atoms with Gasteiger partial charge in [0.25, 0.3) is 5.91 Å². The molecule has 0 aliphatic carbocycles. The molecule has 21 heavy (non-hydrogen) atoms. The summed E-state index contributed by atoms with van der Waals surface area (Å²) in [7, 11) is -3.54. The van der Waals surface area contributed by atoms with Crippen LogP contribution in [0.3, 0.4) is 0 Å². The van der Waals surface area contributed by atoms with E-state index in [1.54, 1.807) is 0 Å². The first-order valence-electron chi connectivity index (χ1n) is 5.84. The summed E-state index contributed by atoms with van der Waals surface area (Å²) < 4.78 is 36.2. The first kappa shape index (κ1) is 15.5. The van der Waals surface area contributed by atoms with Gasteiger partial charge in [-0.3, -0.25) is 4.79 Å². The van der Waals surface area contributed by atoms with E-state index in [-0.39, 0.29) is 21.2 Å². The summed E-state index contributed by atoms with van der Waals surface area (Å²) in [5.41, 5.74) is 0.389. The molecule has 0 atom stereocenters. The zero-order valence-corrected chi connectivity index (χ0v) is 12.5. The molecule has 0 radical (unpaired) electrons. The van der Waals surface area contributed by atoms with Gasteiger partial charge in [-0.25, -0.2) is 12.8 Å². The van der Waals surface area contributed by atoms with Crippen molar-refractivity contribution >= 4 is 33.0 Å². The zero-order chi connectivity index (χ0) is 15.6. The van der Waals surface area contributed by atoms with E-state index in [2.05, 4.69) is 5.32 Å². The van der Waals surface area contributed by atoms with Gasteiger partial charge in [-0.15, -0.1) is 0 Å². The van der Waals surface area contributed by atoms with Crippen molar-refractivity contribution in [2.45, 2.75) is 4.90 Å². The molecule has 110 valence electrons. The largest absolute Gasteiger partial charge is 0.322 e. The van der Waals surface area contributed by atoms with E-state index in [0.29, 0.717) is 0 Å². The highest BCUT2D eigenvalue weighted by molar-refractivity contribution is 7.90. The molecule has 0 aromatic heterocycles. The average molecular weight is 328 g/mol. The molecule has 4 nitrogen and oxygen atoms in total. The number of nitrogens with one attached hydrogen (secondary N) is 1. The van der Waals surface area contributed by atoms with E-state index in [9.17, 15) is 17.6 Å². The van der Waals surface area contributed by atoms with Crippen molar-refractivity contribution in [2.75, 3.05) is 11.6 Å². The number of hydrogen-bond acceptors (Lipinski definition) is 3. The third-order valence-electron chi connectivity index (χ3n) is 2.68. The first-order valence-corrected chi connectivity index (χ1v) is 8.11. The van der Waals surface area contributed by atoms with E-state index in [0.717, 1.165) is 12.3 Å². The second-order valence-electron chi connectivity index (χ2n) is 4.38. The molecule has 2 rings (SSSR count). The number of anilines is 1.